The van der Waals surface area contributed by atoms with Crippen LogP contribution in [0.25, 0.3) is 61.5 Å². The molecule has 0 aromatic heterocycles. The molecular weight excluding hydrogens is 521 g/mol. The standard InChI is InChI=1S/3Al.3Cr.10N.3Ti/q6*+3;10*-3;3*+4. The molecule has 0 amide bonds. The molecule has 0 saturated heterocycles. The van der Waals surface area contributed by atoms with Crippen LogP contribution < -0.4 is 0 Å². The first-order valence-electron chi connectivity index (χ1n) is 0. The minimum atomic E-state index is 0. The Kier molecular flexibility index (Phi) is 12300. The molecule has 0 aromatic rings. The van der Waals surface area contributed by atoms with Gasteiger partial charge in [0.25, 0.3) is 0 Å². The molecule has 0 heterocycles. The van der Waals surface area contributed by atoms with Gasteiger partial charge in [0.05, 0.1) is 0 Å². The molecule has 0 spiro atoms. The predicted octanol–water partition coefficient (Wildman–Crippen LogP) is 1.73. The minimum Gasteiger partial charge on any atom is -3.00 e. The summed E-state index contributed by atoms with van der Waals surface area (Å²) in [5.74, 6) is 0. The van der Waals surface area contributed by atoms with E-state index in [1.807, 2.05) is 0 Å². The average molecular weight is 521 g/mol. The smallest absolute Gasteiger partial charge is 3.00 e. The Morgan fingerprint density at radius 1 is 0.211 bits per heavy atom. The van der Waals surface area contributed by atoms with Crippen LogP contribution >= 0.6 is 0 Å². The number of hydrogen-bond acceptors (Lipinski definition) is 0. The third-order valence-electron chi connectivity index (χ3n) is 0. The fourth-order valence-corrected chi connectivity index (χ4v) is 0. The van der Waals surface area contributed by atoms with Crippen molar-refractivity contribution < 1.29 is 117 Å². The molecule has 0 bridgehead atoms. The molecule has 10 nitrogen and oxygen atoms in total. The first-order chi connectivity index (χ1) is 0. The quantitative estimate of drug-likeness (QED) is 0.412. The van der Waals surface area contributed by atoms with Crippen molar-refractivity contribution in [2.45, 2.75) is 0 Å². The van der Waals surface area contributed by atoms with E-state index in [1.165, 1.54) is 0 Å². The normalized spacial score (nSPS) is 0. The van der Waals surface area contributed by atoms with Crippen LogP contribution in [0.15, 0.2) is 0 Å². The topological polar surface area (TPSA) is 305 Å². The molecule has 0 rings (SSSR count). The van der Waals surface area contributed by atoms with E-state index >= 15 is 0 Å². The summed E-state index contributed by atoms with van der Waals surface area (Å²) in [7, 11) is 0. The zero-order valence-corrected chi connectivity index (χ0v) is 20.9. The van der Waals surface area contributed by atoms with E-state index in [9.17, 15) is 0 Å². The van der Waals surface area contributed by atoms with Gasteiger partial charge in [0.15, 0.2) is 0 Å². The van der Waals surface area contributed by atoms with E-state index in [0.717, 1.165) is 0 Å². The van der Waals surface area contributed by atoms with Crippen LogP contribution in [0.4, 0.5) is 0 Å². The van der Waals surface area contributed by atoms with Gasteiger partial charge in [0.2, 0.25) is 0 Å². The van der Waals surface area contributed by atoms with Crippen molar-refractivity contribution in [3.05, 3.63) is 61.5 Å². The summed E-state index contributed by atoms with van der Waals surface area (Å²) in [5.41, 5.74) is 0. The molecule has 19 heteroatoms. The molecule has 0 atom stereocenters. The molecule has 0 aliphatic carbocycles. The van der Waals surface area contributed by atoms with Gasteiger partial charge in [-0.05, 0) is 0 Å². The van der Waals surface area contributed by atoms with E-state index in [2.05, 4.69) is 0 Å². The van der Waals surface area contributed by atoms with Crippen molar-refractivity contribution in [2.75, 3.05) is 0 Å². The number of hydrogen-bond donors (Lipinski definition) is 0. The van der Waals surface area contributed by atoms with Crippen LogP contribution in [0, 0.1) is 0 Å². The Morgan fingerprint density at radius 2 is 0.211 bits per heavy atom. The van der Waals surface area contributed by atoms with Crippen LogP contribution in [0.1, 0.15) is 0 Å². The summed E-state index contributed by atoms with van der Waals surface area (Å²) in [6.07, 6.45) is 0. The van der Waals surface area contributed by atoms with Gasteiger partial charge in [0, 0.05) is 0 Å². The van der Waals surface area contributed by atoms with Crippen molar-refractivity contribution in [3.63, 3.8) is 0 Å². The van der Waals surface area contributed by atoms with Crippen molar-refractivity contribution >= 4 is 52.1 Å². The Bertz CT molecular complexity index is 33.2. The molecule has 0 aliphatic heterocycles. The largest absolute Gasteiger partial charge is 4.00 e. The molecule has 89 valence electrons. The summed E-state index contributed by atoms with van der Waals surface area (Å²) >= 11 is 0. The van der Waals surface area contributed by atoms with E-state index < -0.39 is 0 Å². The minimum absolute atomic E-state index is 0. The average Bonchev–Trinajstić information content (AvgIpc) is 0. The van der Waals surface area contributed by atoms with Gasteiger partial charge in [-0.2, -0.15) is 0 Å². The summed E-state index contributed by atoms with van der Waals surface area (Å²) in [6.45, 7) is 0. The first kappa shape index (κ1) is 517. The molecule has 0 aromatic carbocycles. The van der Waals surface area contributed by atoms with Gasteiger partial charge < -0.3 is 61.5 Å². The van der Waals surface area contributed by atoms with Gasteiger partial charge >= 0.3 is 169 Å². The Balaban J connectivity index is 0. The summed E-state index contributed by atoms with van der Waals surface area (Å²) in [5, 5.41) is 0. The monoisotopic (exact) mass is 521 g/mol. The zero-order chi connectivity index (χ0) is 0. The zero-order valence-electron chi connectivity index (χ0n) is 8.93. The fraction of sp³-hybridized carbons (Fsp3) is 0. The van der Waals surface area contributed by atoms with Crippen LogP contribution in [-0.4, -0.2) is 52.1 Å². The van der Waals surface area contributed by atoms with Gasteiger partial charge in [0.1, 0.15) is 0 Å². The molecule has 0 N–H and O–H groups in total. The molecular formula is Al3Cr3N10Ti3. The molecule has 3 radical (unpaired) electrons. The molecule has 0 saturated carbocycles. The molecule has 0 aliphatic rings. The number of rotatable bonds is 0. The van der Waals surface area contributed by atoms with Gasteiger partial charge in [-0.1, -0.05) is 0 Å². The maximum absolute atomic E-state index is 0. The first-order valence-corrected chi connectivity index (χ1v) is 0. The Morgan fingerprint density at radius 3 is 0.211 bits per heavy atom. The Hall–Kier alpha value is 4.94. The molecule has 0 fully saturated rings. The second kappa shape index (κ2) is 453. The van der Waals surface area contributed by atoms with Crippen molar-refractivity contribution in [3.8, 4) is 0 Å². The van der Waals surface area contributed by atoms with E-state index in [4.69, 9.17) is 0 Å². The van der Waals surface area contributed by atoms with Gasteiger partial charge in [-0.15, -0.1) is 0 Å². The van der Waals surface area contributed by atoms with E-state index in [1.54, 1.807) is 0 Å². The van der Waals surface area contributed by atoms with Crippen LogP contribution in [0.3, 0.4) is 0 Å². The second-order valence-corrected chi connectivity index (χ2v) is 0. The van der Waals surface area contributed by atoms with Crippen molar-refractivity contribution in [1.29, 1.82) is 0 Å². The molecule has 19 heavy (non-hydrogen) atoms. The van der Waals surface area contributed by atoms with E-state index in [-0.39, 0.29) is 231 Å². The van der Waals surface area contributed by atoms with Gasteiger partial charge in [-0.3, -0.25) is 0 Å². The van der Waals surface area contributed by atoms with E-state index in [0.29, 0.717) is 0 Å². The summed E-state index contributed by atoms with van der Waals surface area (Å²) in [6, 6.07) is 0. The second-order valence-electron chi connectivity index (χ2n) is 0. The maximum Gasteiger partial charge on any atom is 4.00 e. The van der Waals surface area contributed by atoms with Crippen LogP contribution in [0.2, 0.25) is 0 Å². The van der Waals surface area contributed by atoms with Crippen LogP contribution in [-0.2, 0) is 117 Å². The fourth-order valence-electron chi connectivity index (χ4n) is 0. The predicted molar refractivity (Wildman–Crippen MR) is 50.9 cm³/mol. The van der Waals surface area contributed by atoms with Crippen LogP contribution in [0.5, 0.6) is 0 Å². The summed E-state index contributed by atoms with van der Waals surface area (Å²) in [4.78, 5) is 0. The molecule has 0 unspecified atom stereocenters. The summed E-state index contributed by atoms with van der Waals surface area (Å²) < 4.78 is 0. The Labute approximate surface area is 227 Å². The van der Waals surface area contributed by atoms with Crippen molar-refractivity contribution in [1.82, 2.24) is 0 Å². The van der Waals surface area contributed by atoms with Crippen molar-refractivity contribution in [2.24, 2.45) is 0 Å². The number of nitrogens with zero attached hydrogens (tertiary/aromatic N) is 10. The third kappa shape index (κ3) is 412. The maximum atomic E-state index is 0. The van der Waals surface area contributed by atoms with Gasteiger partial charge in [-0.25, -0.2) is 0 Å². The third-order valence-corrected chi connectivity index (χ3v) is 0. The SMILES string of the molecule is [Al+3].[Al+3].[Al+3].[Cr+3].[Cr+3].[Cr+3].[N-3].[N-3].[N-3].[N-3].[N-3].[N-3].[N-3].[N-3].[N-3].[N-3].[Ti+4].[Ti+4].[Ti+4].